The minimum absolute atomic E-state index is 0.158. The summed E-state index contributed by atoms with van der Waals surface area (Å²) in [6, 6.07) is 11.3. The molecule has 2 aromatic carbocycles. The average Bonchev–Trinajstić information content (AvgIpc) is 2.59. The highest BCUT2D eigenvalue weighted by Gasteiger charge is 2.12. The molecule has 3 N–H and O–H groups in total. The lowest BCUT2D eigenvalue weighted by molar-refractivity contribution is -0.144. The molecule has 0 saturated carbocycles. The van der Waals surface area contributed by atoms with Crippen molar-refractivity contribution in [2.75, 3.05) is 17.7 Å². The molecule has 0 aliphatic heterocycles. The van der Waals surface area contributed by atoms with E-state index in [9.17, 15) is 22.4 Å². The summed E-state index contributed by atoms with van der Waals surface area (Å²) in [6.45, 7) is -0.559. The number of anilines is 1. The number of esters is 1. The number of amides is 1. The summed E-state index contributed by atoms with van der Waals surface area (Å²) in [5, 5.41) is 7.40. The molecule has 0 atom stereocenters. The first-order valence-electron chi connectivity index (χ1n) is 7.21. The quantitative estimate of drug-likeness (QED) is 0.542. The van der Waals surface area contributed by atoms with Gasteiger partial charge in [0.15, 0.2) is 6.61 Å². The van der Waals surface area contributed by atoms with E-state index in [1.165, 1.54) is 42.5 Å². The highest BCUT2D eigenvalue weighted by atomic mass is 32.2. The fourth-order valence-electron chi connectivity index (χ4n) is 1.83. The number of hydrogen-bond donors (Lipinski definition) is 2. The molecule has 7 nitrogen and oxygen atoms in total. The van der Waals surface area contributed by atoms with Crippen molar-refractivity contribution in [3.05, 3.63) is 54.3 Å². The van der Waals surface area contributed by atoms with Gasteiger partial charge in [0, 0.05) is 10.6 Å². The maximum atomic E-state index is 13.4. The molecule has 138 valence electrons. The number of sulfonamides is 1. The fraction of sp³-hybridized carbons (Fsp3) is 0.125. The van der Waals surface area contributed by atoms with Crippen LogP contribution in [0.25, 0.3) is 0 Å². The smallest absolute Gasteiger partial charge is 0.316 e. The number of halogens is 1. The molecule has 0 saturated heterocycles. The largest absolute Gasteiger partial charge is 0.455 e. The molecule has 0 fully saturated rings. The molecule has 2 aromatic rings. The monoisotopic (exact) mass is 398 g/mol. The maximum absolute atomic E-state index is 13.4. The van der Waals surface area contributed by atoms with Crippen LogP contribution >= 0.6 is 11.8 Å². The Kier molecular flexibility index (Phi) is 6.72. The third-order valence-electron chi connectivity index (χ3n) is 2.99. The fourth-order valence-corrected chi connectivity index (χ4v) is 3.13. The van der Waals surface area contributed by atoms with Crippen LogP contribution in [0.1, 0.15) is 0 Å². The number of hydrogen-bond acceptors (Lipinski definition) is 6. The number of rotatable bonds is 7. The number of nitrogens with one attached hydrogen (secondary N) is 1. The van der Waals surface area contributed by atoms with Crippen molar-refractivity contribution in [2.24, 2.45) is 5.14 Å². The minimum Gasteiger partial charge on any atom is -0.455 e. The Morgan fingerprint density at radius 3 is 2.58 bits per heavy atom. The summed E-state index contributed by atoms with van der Waals surface area (Å²) >= 11 is 0.954. The van der Waals surface area contributed by atoms with Gasteiger partial charge in [0.25, 0.3) is 5.91 Å². The van der Waals surface area contributed by atoms with E-state index in [1.807, 2.05) is 0 Å². The molecule has 0 aliphatic rings. The molecule has 0 radical (unpaired) electrons. The number of ether oxygens (including phenoxy) is 1. The van der Waals surface area contributed by atoms with Crippen LogP contribution in [0.15, 0.2) is 58.3 Å². The van der Waals surface area contributed by atoms with Crippen molar-refractivity contribution in [1.29, 1.82) is 0 Å². The Balaban J connectivity index is 1.81. The average molecular weight is 398 g/mol. The van der Waals surface area contributed by atoms with Crippen LogP contribution in [-0.2, 0) is 24.3 Å². The molecule has 0 spiro atoms. The molecule has 0 aromatic heterocycles. The van der Waals surface area contributed by atoms with Crippen LogP contribution in [0.3, 0.4) is 0 Å². The van der Waals surface area contributed by atoms with Gasteiger partial charge in [-0.05, 0) is 30.3 Å². The van der Waals surface area contributed by atoms with Crippen molar-refractivity contribution in [3.8, 4) is 0 Å². The summed E-state index contributed by atoms with van der Waals surface area (Å²) < 4.78 is 40.8. The first-order chi connectivity index (χ1) is 12.3. The number of thioether (sulfide) groups is 1. The number of carbonyl (C=O) groups excluding carboxylic acids is 2. The molecule has 0 heterocycles. The van der Waals surface area contributed by atoms with Crippen LogP contribution < -0.4 is 10.5 Å². The summed E-state index contributed by atoms with van der Waals surface area (Å²) in [7, 11) is -3.89. The number of benzene rings is 2. The number of primary sulfonamides is 1. The van der Waals surface area contributed by atoms with Gasteiger partial charge in [0.05, 0.1) is 10.6 Å². The second-order valence-corrected chi connectivity index (χ2v) is 7.58. The Morgan fingerprint density at radius 2 is 1.88 bits per heavy atom. The molecule has 0 bridgehead atoms. The lowest BCUT2D eigenvalue weighted by Gasteiger charge is -2.08. The number of nitrogens with two attached hydrogens (primary N) is 1. The zero-order valence-electron chi connectivity index (χ0n) is 13.3. The van der Waals surface area contributed by atoms with Gasteiger partial charge in [-0.15, -0.1) is 11.8 Å². The first kappa shape index (κ1) is 19.9. The maximum Gasteiger partial charge on any atom is 0.316 e. The Morgan fingerprint density at radius 1 is 1.15 bits per heavy atom. The molecule has 0 unspecified atom stereocenters. The topological polar surface area (TPSA) is 116 Å². The van der Waals surface area contributed by atoms with E-state index >= 15 is 0 Å². The lowest BCUT2D eigenvalue weighted by atomic mass is 10.3. The Hall–Kier alpha value is -2.43. The summed E-state index contributed by atoms with van der Waals surface area (Å²) in [4.78, 5) is 23.5. The SMILES string of the molecule is NS(=O)(=O)c1cccc(NC(=O)COC(=O)CSc2ccccc2F)c1. The molecule has 26 heavy (non-hydrogen) atoms. The Labute approximate surface area is 153 Å². The standard InChI is InChI=1S/C16H15FN2O5S2/c17-13-6-1-2-7-14(13)25-10-16(21)24-9-15(20)19-11-4-3-5-12(8-11)26(18,22)23/h1-8H,9-10H2,(H,19,20)(H2,18,22,23). The third-order valence-corrected chi connectivity index (χ3v) is 4.93. The van der Waals surface area contributed by atoms with E-state index in [2.05, 4.69) is 5.32 Å². The minimum atomic E-state index is -3.89. The first-order valence-corrected chi connectivity index (χ1v) is 9.74. The van der Waals surface area contributed by atoms with E-state index in [1.54, 1.807) is 6.07 Å². The third kappa shape index (κ3) is 6.14. The van der Waals surface area contributed by atoms with Gasteiger partial charge in [0.1, 0.15) is 5.82 Å². The van der Waals surface area contributed by atoms with E-state index in [0.717, 1.165) is 11.8 Å². The van der Waals surface area contributed by atoms with Gasteiger partial charge in [-0.3, -0.25) is 9.59 Å². The molecule has 1 amide bonds. The number of carbonyl (C=O) groups is 2. The summed E-state index contributed by atoms with van der Waals surface area (Å²) in [5.41, 5.74) is 0.193. The molecular weight excluding hydrogens is 383 g/mol. The van der Waals surface area contributed by atoms with E-state index < -0.39 is 34.3 Å². The van der Waals surface area contributed by atoms with Crippen molar-refractivity contribution >= 4 is 39.3 Å². The molecule has 2 rings (SSSR count). The van der Waals surface area contributed by atoms with Gasteiger partial charge >= 0.3 is 5.97 Å². The van der Waals surface area contributed by atoms with Crippen molar-refractivity contribution in [2.45, 2.75) is 9.79 Å². The molecule has 10 heteroatoms. The van der Waals surface area contributed by atoms with E-state index in [0.29, 0.717) is 4.90 Å². The van der Waals surface area contributed by atoms with Gasteiger partial charge in [0.2, 0.25) is 10.0 Å². The van der Waals surface area contributed by atoms with Crippen LogP contribution in [0.2, 0.25) is 0 Å². The van der Waals surface area contributed by atoms with Crippen molar-refractivity contribution in [3.63, 3.8) is 0 Å². The predicted octanol–water partition coefficient (Wildman–Crippen LogP) is 1.75. The predicted molar refractivity (Wildman–Crippen MR) is 94.5 cm³/mol. The summed E-state index contributed by atoms with van der Waals surface area (Å²) in [6.07, 6.45) is 0. The van der Waals surface area contributed by atoms with Gasteiger partial charge < -0.3 is 10.1 Å². The van der Waals surface area contributed by atoms with Gasteiger partial charge in [-0.2, -0.15) is 0 Å². The lowest BCUT2D eigenvalue weighted by Crippen LogP contribution is -2.22. The molecule has 0 aliphatic carbocycles. The van der Waals surface area contributed by atoms with Gasteiger partial charge in [-0.1, -0.05) is 18.2 Å². The van der Waals surface area contributed by atoms with E-state index in [4.69, 9.17) is 9.88 Å². The second kappa shape index (κ2) is 8.79. The highest BCUT2D eigenvalue weighted by Crippen LogP contribution is 2.21. The van der Waals surface area contributed by atoms with Crippen molar-refractivity contribution < 1.29 is 27.1 Å². The zero-order valence-corrected chi connectivity index (χ0v) is 15.0. The Bertz CT molecular complexity index is 918. The second-order valence-electron chi connectivity index (χ2n) is 5.00. The van der Waals surface area contributed by atoms with Gasteiger partial charge in [-0.25, -0.2) is 17.9 Å². The van der Waals surface area contributed by atoms with Crippen LogP contribution in [0, 0.1) is 5.82 Å². The normalized spacial score (nSPS) is 11.0. The zero-order chi connectivity index (χ0) is 19.2. The van der Waals surface area contributed by atoms with E-state index in [-0.39, 0.29) is 16.3 Å². The van der Waals surface area contributed by atoms with Crippen LogP contribution in [0.5, 0.6) is 0 Å². The molecular formula is C16H15FN2O5S2. The van der Waals surface area contributed by atoms with Crippen LogP contribution in [0.4, 0.5) is 10.1 Å². The van der Waals surface area contributed by atoms with Crippen LogP contribution in [-0.4, -0.2) is 32.7 Å². The van der Waals surface area contributed by atoms with Crippen molar-refractivity contribution in [1.82, 2.24) is 0 Å². The highest BCUT2D eigenvalue weighted by molar-refractivity contribution is 8.00. The summed E-state index contributed by atoms with van der Waals surface area (Å²) in [5.74, 6) is -1.94.